The molecule has 4 nitrogen and oxygen atoms in total. The lowest BCUT2D eigenvalue weighted by molar-refractivity contribution is 1.48. The molecule has 5 heteroatoms. The van der Waals surface area contributed by atoms with Gasteiger partial charge in [0.15, 0.2) is 0 Å². The number of nitrogens with zero attached hydrogens (tertiary/aromatic N) is 2. The van der Waals surface area contributed by atoms with Crippen molar-refractivity contribution in [1.82, 2.24) is 0 Å². The molecular formula is C34H25BrN4. The molecule has 3 N–H and O–H groups in total. The maximum atomic E-state index is 8.79. The van der Waals surface area contributed by atoms with Gasteiger partial charge in [0, 0.05) is 26.9 Å². The van der Waals surface area contributed by atoms with E-state index in [0.29, 0.717) is 16.8 Å². The fourth-order valence-electron chi connectivity index (χ4n) is 3.86. The maximum Gasteiger partial charge on any atom is 0.0991 e. The monoisotopic (exact) mass is 568 g/mol. The van der Waals surface area contributed by atoms with Crippen LogP contribution in [0, 0.1) is 22.7 Å². The predicted molar refractivity (Wildman–Crippen MR) is 166 cm³/mol. The summed E-state index contributed by atoms with van der Waals surface area (Å²) >= 11 is 3.50. The summed E-state index contributed by atoms with van der Waals surface area (Å²) in [6.45, 7) is 0. The van der Waals surface area contributed by atoms with Crippen molar-refractivity contribution in [2.75, 3.05) is 11.1 Å². The Labute approximate surface area is 236 Å². The third kappa shape index (κ3) is 7.46. The van der Waals surface area contributed by atoms with Crippen molar-refractivity contribution in [3.05, 3.63) is 149 Å². The predicted octanol–water partition coefficient (Wildman–Crippen LogP) is 9.20. The smallest absolute Gasteiger partial charge is 0.0991 e. The minimum atomic E-state index is 0.643. The molecule has 0 aromatic heterocycles. The molecule has 0 bridgehead atoms. The Bertz CT molecular complexity index is 1750. The Hall–Kier alpha value is -5.10. The molecule has 0 saturated carbocycles. The van der Waals surface area contributed by atoms with Crippen LogP contribution in [0.2, 0.25) is 0 Å². The summed E-state index contributed by atoms with van der Waals surface area (Å²) < 4.78 is 1.16. The van der Waals surface area contributed by atoms with Crippen molar-refractivity contribution >= 4 is 54.5 Å². The molecule has 0 unspecified atom stereocenters. The summed E-state index contributed by atoms with van der Waals surface area (Å²) in [7, 11) is 0. The minimum Gasteiger partial charge on any atom is -0.399 e. The molecule has 0 aliphatic carbocycles. The van der Waals surface area contributed by atoms with Crippen molar-refractivity contribution in [1.29, 1.82) is 10.5 Å². The number of rotatable bonds is 2. The lowest BCUT2D eigenvalue weighted by Crippen LogP contribution is -1.91. The van der Waals surface area contributed by atoms with Gasteiger partial charge in [0.05, 0.1) is 23.3 Å². The topological polar surface area (TPSA) is 85.6 Å². The maximum absolute atomic E-state index is 8.79. The van der Waals surface area contributed by atoms with E-state index in [9.17, 15) is 0 Å². The first-order valence-corrected chi connectivity index (χ1v) is 13.0. The Morgan fingerprint density at radius 1 is 0.538 bits per heavy atom. The number of halogens is 1. The number of nitrogens with one attached hydrogen (secondary N) is 1. The number of nitrogens with two attached hydrogens (primary N) is 1. The van der Waals surface area contributed by atoms with E-state index in [-0.39, 0.29) is 0 Å². The van der Waals surface area contributed by atoms with E-state index in [1.54, 1.807) is 24.3 Å². The molecule has 0 radical (unpaired) electrons. The summed E-state index contributed by atoms with van der Waals surface area (Å²) in [6, 6.07) is 47.4. The summed E-state index contributed by atoms with van der Waals surface area (Å²) in [5.74, 6) is 0. The zero-order valence-electron chi connectivity index (χ0n) is 21.1. The molecule has 0 atom stereocenters. The van der Waals surface area contributed by atoms with Crippen molar-refractivity contribution in [3.8, 4) is 12.1 Å². The zero-order chi connectivity index (χ0) is 27.5. The van der Waals surface area contributed by atoms with Crippen molar-refractivity contribution in [2.45, 2.75) is 0 Å². The molecule has 0 aliphatic rings. The quantitative estimate of drug-likeness (QED) is 0.204. The van der Waals surface area contributed by atoms with Crippen LogP contribution in [0.25, 0.3) is 21.5 Å². The Morgan fingerprint density at radius 2 is 1.03 bits per heavy atom. The van der Waals surface area contributed by atoms with E-state index in [1.165, 1.54) is 21.5 Å². The fourth-order valence-corrected chi connectivity index (χ4v) is 4.38. The second kappa shape index (κ2) is 13.4. The largest absolute Gasteiger partial charge is 0.399 e. The SMILES string of the molecule is Brc1cccc2ccccc12.N#Cc1ccc(N)cc1.N#Cc1ccc(Nc2cccc3ccccc23)cc1. The molecule has 39 heavy (non-hydrogen) atoms. The van der Waals surface area contributed by atoms with Gasteiger partial charge in [-0.05, 0) is 76.8 Å². The fraction of sp³-hybridized carbons (Fsp3) is 0. The van der Waals surface area contributed by atoms with Gasteiger partial charge in [-0.25, -0.2) is 0 Å². The van der Waals surface area contributed by atoms with Gasteiger partial charge in [-0.1, -0.05) is 88.7 Å². The molecule has 0 aliphatic heterocycles. The molecule has 0 spiro atoms. The molecule has 6 aromatic rings. The summed E-state index contributed by atoms with van der Waals surface area (Å²) in [4.78, 5) is 0. The highest BCUT2D eigenvalue weighted by Gasteiger charge is 2.00. The van der Waals surface area contributed by atoms with Gasteiger partial charge in [-0.3, -0.25) is 0 Å². The first-order chi connectivity index (χ1) is 19.1. The summed E-state index contributed by atoms with van der Waals surface area (Å²) in [5, 5.41) is 25.5. The van der Waals surface area contributed by atoms with E-state index >= 15 is 0 Å². The minimum absolute atomic E-state index is 0.643. The van der Waals surface area contributed by atoms with Gasteiger partial charge >= 0.3 is 0 Å². The van der Waals surface area contributed by atoms with Crippen LogP contribution >= 0.6 is 15.9 Å². The third-order valence-corrected chi connectivity index (χ3v) is 6.55. The molecular weight excluding hydrogens is 544 g/mol. The molecule has 188 valence electrons. The standard InChI is InChI=1S/C17H12N2.C10H7Br.C7H6N2/c18-12-13-8-10-15(11-9-13)19-17-7-3-5-14-4-1-2-6-16(14)17;11-10-7-3-5-8-4-1-2-6-9(8)10;8-5-6-1-3-7(9)4-2-6/h1-11,19H;1-7H;1-4H,9H2. The van der Waals surface area contributed by atoms with Gasteiger partial charge in [0.2, 0.25) is 0 Å². The Kier molecular flexibility index (Phi) is 9.29. The molecule has 6 aromatic carbocycles. The molecule has 0 saturated heterocycles. The van der Waals surface area contributed by atoms with Crippen LogP contribution < -0.4 is 11.1 Å². The van der Waals surface area contributed by atoms with Gasteiger partial charge in [-0.15, -0.1) is 0 Å². The highest BCUT2D eigenvalue weighted by atomic mass is 79.9. The number of nitrogen functional groups attached to an aromatic ring is 1. The summed E-state index contributed by atoms with van der Waals surface area (Å²) in [6.07, 6.45) is 0. The van der Waals surface area contributed by atoms with Crippen LogP contribution in [0.1, 0.15) is 11.1 Å². The van der Waals surface area contributed by atoms with E-state index in [1.807, 2.05) is 60.7 Å². The van der Waals surface area contributed by atoms with Crippen LogP contribution in [0.15, 0.2) is 138 Å². The van der Waals surface area contributed by atoms with E-state index in [0.717, 1.165) is 15.8 Å². The number of fused-ring (bicyclic) bond motifs is 2. The van der Waals surface area contributed by atoms with Gasteiger partial charge in [0.1, 0.15) is 0 Å². The Balaban J connectivity index is 0.000000149. The highest BCUT2D eigenvalue weighted by Crippen LogP contribution is 2.26. The van der Waals surface area contributed by atoms with Crippen LogP contribution in [-0.2, 0) is 0 Å². The van der Waals surface area contributed by atoms with Crippen LogP contribution in [-0.4, -0.2) is 0 Å². The molecule has 0 heterocycles. The van der Waals surface area contributed by atoms with E-state index < -0.39 is 0 Å². The zero-order valence-corrected chi connectivity index (χ0v) is 22.6. The summed E-state index contributed by atoms with van der Waals surface area (Å²) in [5.41, 5.74) is 9.43. The number of hydrogen-bond acceptors (Lipinski definition) is 4. The lowest BCUT2D eigenvalue weighted by Gasteiger charge is -2.09. The number of benzene rings is 6. The first-order valence-electron chi connectivity index (χ1n) is 12.2. The van der Waals surface area contributed by atoms with Crippen molar-refractivity contribution in [3.63, 3.8) is 0 Å². The van der Waals surface area contributed by atoms with E-state index in [2.05, 4.69) is 81.9 Å². The first kappa shape index (κ1) is 26.9. The molecule has 0 amide bonds. The van der Waals surface area contributed by atoms with Crippen LogP contribution in [0.4, 0.5) is 17.1 Å². The lowest BCUT2D eigenvalue weighted by atomic mass is 10.1. The normalized spacial score (nSPS) is 9.72. The van der Waals surface area contributed by atoms with Crippen molar-refractivity contribution < 1.29 is 0 Å². The van der Waals surface area contributed by atoms with Crippen LogP contribution in [0.3, 0.4) is 0 Å². The number of nitriles is 2. The number of anilines is 3. The average molecular weight is 570 g/mol. The van der Waals surface area contributed by atoms with Gasteiger partial charge in [-0.2, -0.15) is 10.5 Å². The molecule has 6 rings (SSSR count). The highest BCUT2D eigenvalue weighted by molar-refractivity contribution is 9.10. The Morgan fingerprint density at radius 3 is 1.62 bits per heavy atom. The molecule has 0 fully saturated rings. The number of hydrogen-bond donors (Lipinski definition) is 2. The van der Waals surface area contributed by atoms with Gasteiger partial charge < -0.3 is 11.1 Å². The average Bonchev–Trinajstić information content (AvgIpc) is 2.99. The van der Waals surface area contributed by atoms with Crippen LogP contribution in [0.5, 0.6) is 0 Å². The third-order valence-electron chi connectivity index (χ3n) is 5.86. The second-order valence-electron chi connectivity index (χ2n) is 8.54. The second-order valence-corrected chi connectivity index (χ2v) is 9.39. The van der Waals surface area contributed by atoms with E-state index in [4.69, 9.17) is 16.3 Å². The van der Waals surface area contributed by atoms with Crippen molar-refractivity contribution in [2.24, 2.45) is 0 Å². The van der Waals surface area contributed by atoms with Gasteiger partial charge in [0.25, 0.3) is 0 Å².